The van der Waals surface area contributed by atoms with Crippen LogP contribution in [0.15, 0.2) is 12.1 Å². The first-order valence-electron chi connectivity index (χ1n) is 14.5. The molecule has 0 bridgehead atoms. The molecule has 40 heavy (non-hydrogen) atoms. The molecule has 3 saturated heterocycles. The Morgan fingerprint density at radius 2 is 2.15 bits per heavy atom. The molecule has 4 unspecified atom stereocenters. The number of ether oxygens (including phenoxy) is 2. The number of alkyl halides is 1. The summed E-state index contributed by atoms with van der Waals surface area (Å²) < 4.78 is 27.3. The van der Waals surface area contributed by atoms with Gasteiger partial charge in [-0.1, -0.05) is 13.0 Å². The van der Waals surface area contributed by atoms with E-state index in [2.05, 4.69) is 17.9 Å². The van der Waals surface area contributed by atoms with Crippen molar-refractivity contribution in [1.82, 2.24) is 14.9 Å². The van der Waals surface area contributed by atoms with E-state index in [1.807, 2.05) is 12.1 Å². The number of carbonyl (C=O) groups excluding carboxylic acids is 1. The van der Waals surface area contributed by atoms with Crippen molar-refractivity contribution < 1.29 is 18.7 Å². The van der Waals surface area contributed by atoms with Gasteiger partial charge in [-0.15, -0.1) is 0 Å². The fraction of sp³-hybridized carbons (Fsp3) is 0.600. The van der Waals surface area contributed by atoms with E-state index in [1.54, 1.807) is 4.90 Å². The van der Waals surface area contributed by atoms with E-state index >= 15 is 0 Å². The number of hydrogen-bond acceptors (Lipinski definition) is 8. The van der Waals surface area contributed by atoms with E-state index in [9.17, 15) is 14.4 Å². The molecule has 1 aromatic carbocycles. The predicted octanol–water partition coefficient (Wildman–Crippen LogP) is 3.88. The van der Waals surface area contributed by atoms with Crippen molar-refractivity contribution in [3.63, 3.8) is 0 Å². The fourth-order valence-corrected chi connectivity index (χ4v) is 7.84. The van der Waals surface area contributed by atoms with Gasteiger partial charge in [0.2, 0.25) is 5.91 Å². The van der Waals surface area contributed by atoms with E-state index in [0.717, 1.165) is 61.0 Å². The highest BCUT2D eigenvalue weighted by molar-refractivity contribution is 5.95. The van der Waals surface area contributed by atoms with Gasteiger partial charge in [-0.25, -0.2) is 4.39 Å². The number of nitrogen functional groups attached to an aromatic ring is 1. The van der Waals surface area contributed by atoms with Crippen LogP contribution in [0.4, 0.5) is 15.9 Å². The van der Waals surface area contributed by atoms with Crippen LogP contribution < -0.4 is 15.4 Å². The number of nitriles is 1. The van der Waals surface area contributed by atoms with Crippen molar-refractivity contribution in [2.45, 2.75) is 88.1 Å². The van der Waals surface area contributed by atoms with Crippen LogP contribution in [0.25, 0.3) is 0 Å². The number of halogens is 1. The van der Waals surface area contributed by atoms with Gasteiger partial charge < -0.3 is 15.2 Å². The summed E-state index contributed by atoms with van der Waals surface area (Å²) in [6.07, 6.45) is 4.84. The van der Waals surface area contributed by atoms with Crippen LogP contribution >= 0.6 is 0 Å². The van der Waals surface area contributed by atoms with E-state index in [1.165, 1.54) is 0 Å². The summed E-state index contributed by atoms with van der Waals surface area (Å²) in [6, 6.07) is 6.38. The zero-order valence-corrected chi connectivity index (χ0v) is 22.9. The number of fused-ring (bicyclic) bond motifs is 4. The van der Waals surface area contributed by atoms with Crippen molar-refractivity contribution in [2.75, 3.05) is 36.9 Å². The lowest BCUT2D eigenvalue weighted by Gasteiger charge is -2.44. The van der Waals surface area contributed by atoms with Crippen molar-refractivity contribution in [1.29, 1.82) is 5.26 Å². The first-order valence-corrected chi connectivity index (χ1v) is 14.5. The largest absolute Gasteiger partial charge is 0.461 e. The quantitative estimate of drug-likeness (QED) is 0.575. The zero-order valence-electron chi connectivity index (χ0n) is 22.9. The SMILES string of the molecule is CC1CCC2(Cc3nc(OCC45CCCN4CC(F)C5)nc(N4CCCC4=O)c3CO2)c2c1ccc(N)c2C#N. The maximum absolute atomic E-state index is 14.4. The van der Waals surface area contributed by atoms with Crippen LogP contribution in [-0.2, 0) is 28.2 Å². The molecule has 4 aliphatic heterocycles. The molecule has 5 heterocycles. The Morgan fingerprint density at radius 3 is 2.95 bits per heavy atom. The molecule has 1 aromatic heterocycles. The number of anilines is 2. The van der Waals surface area contributed by atoms with Crippen molar-refractivity contribution in [2.24, 2.45) is 0 Å². The van der Waals surface area contributed by atoms with E-state index in [0.29, 0.717) is 56.0 Å². The molecule has 2 N–H and O–H groups in total. The normalized spacial score (nSPS) is 31.2. The summed E-state index contributed by atoms with van der Waals surface area (Å²) in [6.45, 7) is 4.62. The standard InChI is InChI=1S/C30H35FN6O3/c1-18-7-9-30(26-20(18)5-6-23(33)21(26)14-32)13-24-22(16-40-30)27(37-11-2-4-25(37)38)35-28(34-24)39-17-29-8-3-10-36(29)15-19(31)12-29/h5-6,18-19H,2-4,7-13,15-17,33H2,1H3. The van der Waals surface area contributed by atoms with Gasteiger partial charge >= 0.3 is 6.01 Å². The highest BCUT2D eigenvalue weighted by Crippen LogP contribution is 2.51. The number of hydrogen-bond donors (Lipinski definition) is 1. The van der Waals surface area contributed by atoms with Crippen LogP contribution in [-0.4, -0.2) is 58.7 Å². The first kappa shape index (κ1) is 25.7. The number of aromatic nitrogens is 2. The fourth-order valence-electron chi connectivity index (χ4n) is 7.84. The summed E-state index contributed by atoms with van der Waals surface area (Å²) >= 11 is 0. The minimum atomic E-state index is -0.848. The monoisotopic (exact) mass is 546 g/mol. The van der Waals surface area contributed by atoms with Crippen molar-refractivity contribution in [3.05, 3.63) is 40.1 Å². The summed E-state index contributed by atoms with van der Waals surface area (Å²) in [4.78, 5) is 26.4. The molecule has 0 saturated carbocycles. The average Bonchev–Trinajstić information content (AvgIpc) is 3.62. The molecule has 7 rings (SSSR count). The smallest absolute Gasteiger partial charge is 0.318 e. The third-order valence-corrected chi connectivity index (χ3v) is 9.91. The van der Waals surface area contributed by atoms with Crippen LogP contribution in [0.5, 0.6) is 6.01 Å². The molecular weight excluding hydrogens is 511 g/mol. The van der Waals surface area contributed by atoms with Gasteiger partial charge in [-0.3, -0.25) is 14.6 Å². The summed E-state index contributed by atoms with van der Waals surface area (Å²) in [5.41, 5.74) is 9.63. The molecule has 9 nitrogen and oxygen atoms in total. The van der Waals surface area contributed by atoms with Gasteiger partial charge in [0.05, 0.1) is 23.4 Å². The lowest BCUT2D eigenvalue weighted by molar-refractivity contribution is -0.117. The number of amides is 1. The molecular formula is C30H35FN6O3. The third-order valence-electron chi connectivity index (χ3n) is 9.91. The number of benzene rings is 1. The summed E-state index contributed by atoms with van der Waals surface area (Å²) in [5.74, 6) is 0.852. The van der Waals surface area contributed by atoms with E-state index in [4.69, 9.17) is 25.2 Å². The second-order valence-electron chi connectivity index (χ2n) is 12.3. The molecule has 2 aromatic rings. The van der Waals surface area contributed by atoms with Crippen molar-refractivity contribution >= 4 is 17.4 Å². The Labute approximate surface area is 233 Å². The van der Waals surface area contributed by atoms with Gasteiger partial charge in [0.1, 0.15) is 30.3 Å². The third kappa shape index (κ3) is 3.89. The highest BCUT2D eigenvalue weighted by Gasteiger charge is 2.50. The Morgan fingerprint density at radius 1 is 1.27 bits per heavy atom. The number of nitrogens with two attached hydrogens (primary N) is 1. The lowest BCUT2D eigenvalue weighted by atomic mass is 9.69. The Kier molecular flexibility index (Phi) is 6.02. The summed E-state index contributed by atoms with van der Waals surface area (Å²) in [5, 5.41) is 10.1. The van der Waals surface area contributed by atoms with Crippen LogP contribution in [0.2, 0.25) is 0 Å². The minimum absolute atomic E-state index is 0.0279. The van der Waals surface area contributed by atoms with Gasteiger partial charge in [0.15, 0.2) is 0 Å². The number of carbonyl (C=O) groups is 1. The summed E-state index contributed by atoms with van der Waals surface area (Å²) in [7, 11) is 0. The van der Waals surface area contributed by atoms with Crippen LogP contribution in [0, 0.1) is 11.3 Å². The molecule has 5 aliphatic rings. The zero-order chi connectivity index (χ0) is 27.6. The van der Waals surface area contributed by atoms with Gasteiger partial charge in [-0.2, -0.15) is 15.2 Å². The molecule has 1 amide bonds. The minimum Gasteiger partial charge on any atom is -0.461 e. The molecule has 4 atom stereocenters. The van der Waals surface area contributed by atoms with E-state index in [-0.39, 0.29) is 30.0 Å². The van der Waals surface area contributed by atoms with Gasteiger partial charge in [-0.05, 0) is 56.2 Å². The van der Waals surface area contributed by atoms with Gasteiger partial charge in [0.25, 0.3) is 0 Å². The second-order valence-corrected chi connectivity index (χ2v) is 12.3. The second kappa shape index (κ2) is 9.38. The van der Waals surface area contributed by atoms with Crippen molar-refractivity contribution in [3.8, 4) is 12.1 Å². The number of rotatable bonds is 4. The Hall–Kier alpha value is -3.29. The van der Waals surface area contributed by atoms with E-state index < -0.39 is 11.8 Å². The maximum Gasteiger partial charge on any atom is 0.318 e. The average molecular weight is 547 g/mol. The predicted molar refractivity (Wildman–Crippen MR) is 146 cm³/mol. The molecule has 10 heteroatoms. The molecule has 3 fully saturated rings. The molecule has 0 radical (unpaired) electrons. The van der Waals surface area contributed by atoms with Crippen LogP contribution in [0.3, 0.4) is 0 Å². The Balaban J connectivity index is 1.29. The topological polar surface area (TPSA) is 118 Å². The Bertz CT molecular complexity index is 1430. The number of nitrogens with zero attached hydrogens (tertiary/aromatic N) is 5. The molecule has 210 valence electrons. The highest BCUT2D eigenvalue weighted by atomic mass is 19.1. The molecule has 1 spiro atoms. The van der Waals surface area contributed by atoms with Gasteiger partial charge in [0, 0.05) is 49.2 Å². The lowest BCUT2D eigenvalue weighted by Crippen LogP contribution is -2.44. The van der Waals surface area contributed by atoms with Crippen LogP contribution in [0.1, 0.15) is 85.7 Å². The maximum atomic E-state index is 14.4. The molecule has 1 aliphatic carbocycles. The first-order chi connectivity index (χ1) is 19.3.